The number of rotatable bonds is 4. The lowest BCUT2D eigenvalue weighted by molar-refractivity contribution is -0.132. The molecule has 2 aromatic rings. The van der Waals surface area contributed by atoms with Gasteiger partial charge in [-0.05, 0) is 35.4 Å². The van der Waals surface area contributed by atoms with Gasteiger partial charge in [0, 0.05) is 35.9 Å². The van der Waals surface area contributed by atoms with Crippen LogP contribution in [0.25, 0.3) is 0 Å². The molecule has 7 nitrogen and oxygen atoms in total. The van der Waals surface area contributed by atoms with Crippen molar-refractivity contribution >= 4 is 39.1 Å². The fraction of sp³-hybridized carbons (Fsp3) is 0.263. The molecule has 0 radical (unpaired) electrons. The number of carbonyl (C=O) groups excluding carboxylic acids is 2. The number of anilines is 2. The van der Waals surface area contributed by atoms with Crippen LogP contribution in [0.3, 0.4) is 0 Å². The van der Waals surface area contributed by atoms with E-state index in [9.17, 15) is 9.59 Å². The summed E-state index contributed by atoms with van der Waals surface area (Å²) in [4.78, 5) is 26.0. The van der Waals surface area contributed by atoms with Crippen molar-refractivity contribution in [1.29, 1.82) is 0 Å². The van der Waals surface area contributed by atoms with Gasteiger partial charge in [0.1, 0.15) is 5.75 Å². The molecule has 4 N–H and O–H groups in total. The number of carbonyl (C=O) groups is 2. The molecule has 0 aromatic heterocycles. The molecule has 0 spiro atoms. The number of halogens is 1. The second kappa shape index (κ2) is 6.54. The molecule has 8 heteroatoms. The Morgan fingerprint density at radius 3 is 2.74 bits per heavy atom. The summed E-state index contributed by atoms with van der Waals surface area (Å²) < 4.78 is 6.10. The van der Waals surface area contributed by atoms with Gasteiger partial charge in [0.25, 0.3) is 11.8 Å². The van der Waals surface area contributed by atoms with Crippen LogP contribution >= 0.6 is 15.9 Å². The Morgan fingerprint density at radius 1 is 1.22 bits per heavy atom. The Kier molecular flexibility index (Phi) is 4.32. The zero-order chi connectivity index (χ0) is 19.2. The second-order valence-corrected chi connectivity index (χ2v) is 7.44. The number of hydrogen-bond donors (Lipinski definition) is 4. The van der Waals surface area contributed by atoms with E-state index in [1.165, 1.54) is 19.7 Å². The highest BCUT2D eigenvalue weighted by molar-refractivity contribution is 9.10. The van der Waals surface area contributed by atoms with Crippen LogP contribution in [0.4, 0.5) is 11.4 Å². The van der Waals surface area contributed by atoms with E-state index in [2.05, 4.69) is 37.2 Å². The molecule has 2 amide bonds. The minimum Gasteiger partial charge on any atom is -0.495 e. The molecule has 0 unspecified atom stereocenters. The maximum Gasteiger partial charge on any atom is 0.264 e. The van der Waals surface area contributed by atoms with E-state index in [-0.39, 0.29) is 0 Å². The van der Waals surface area contributed by atoms with Crippen LogP contribution in [0, 0.1) is 0 Å². The first-order valence-electron chi connectivity index (χ1n) is 8.52. The molecule has 140 valence electrons. The van der Waals surface area contributed by atoms with Crippen LogP contribution in [-0.2, 0) is 28.2 Å². The van der Waals surface area contributed by atoms with Crippen molar-refractivity contribution in [2.45, 2.75) is 18.6 Å². The average Bonchev–Trinajstić information content (AvgIpc) is 3.24. The molecule has 2 aliphatic heterocycles. The van der Waals surface area contributed by atoms with Gasteiger partial charge in [0.05, 0.1) is 12.8 Å². The topological polar surface area (TPSA) is 91.5 Å². The number of ether oxygens (including phenoxy) is 1. The van der Waals surface area contributed by atoms with Crippen LogP contribution < -0.4 is 26.0 Å². The molecule has 4 rings (SSSR count). The maximum atomic E-state index is 13.1. The number of hydrogen-bond acceptors (Lipinski definition) is 5. The number of likely N-dealkylation sites (N-methyl/N-ethyl adjacent to an activating group) is 1. The van der Waals surface area contributed by atoms with E-state index < -0.39 is 17.4 Å². The Labute approximate surface area is 165 Å². The summed E-state index contributed by atoms with van der Waals surface area (Å²) in [6.45, 7) is 1.59. The third-order valence-electron chi connectivity index (χ3n) is 5.01. The number of methoxy groups -OCH3 is 1. The lowest BCUT2D eigenvalue weighted by atomic mass is 9.89. The molecule has 2 heterocycles. The van der Waals surface area contributed by atoms with Gasteiger partial charge < -0.3 is 26.0 Å². The molecule has 1 atom stereocenters. The first-order valence-corrected chi connectivity index (χ1v) is 9.31. The molecule has 2 aliphatic rings. The van der Waals surface area contributed by atoms with E-state index in [4.69, 9.17) is 4.74 Å². The Balaban J connectivity index is 1.87. The zero-order valence-corrected chi connectivity index (χ0v) is 16.5. The first-order chi connectivity index (χ1) is 13.0. The van der Waals surface area contributed by atoms with Crippen LogP contribution in [-0.4, -0.2) is 26.0 Å². The van der Waals surface area contributed by atoms with E-state index in [0.717, 1.165) is 18.7 Å². The smallest absolute Gasteiger partial charge is 0.264 e. The van der Waals surface area contributed by atoms with Gasteiger partial charge in [-0.25, -0.2) is 0 Å². The number of nitrogens with one attached hydrogen (secondary N) is 4. The molecule has 0 fully saturated rings. The summed E-state index contributed by atoms with van der Waals surface area (Å²) in [5, 5.41) is 11.9. The minimum atomic E-state index is -1.60. The largest absolute Gasteiger partial charge is 0.495 e. The third kappa shape index (κ3) is 2.67. The maximum absolute atomic E-state index is 13.1. The second-order valence-electron chi connectivity index (χ2n) is 6.53. The summed E-state index contributed by atoms with van der Waals surface area (Å²) in [7, 11) is 3.04. The van der Waals surface area contributed by atoms with Crippen molar-refractivity contribution in [2.24, 2.45) is 0 Å². The van der Waals surface area contributed by atoms with Gasteiger partial charge in [-0.1, -0.05) is 22.0 Å². The molecule has 0 aliphatic carbocycles. The fourth-order valence-corrected chi connectivity index (χ4v) is 4.12. The van der Waals surface area contributed by atoms with E-state index >= 15 is 0 Å². The van der Waals surface area contributed by atoms with Crippen molar-refractivity contribution in [3.05, 3.63) is 51.5 Å². The standard InChI is InChI=1S/C19H19BrN4O3/c1-21-17(25)19(24-13-4-3-10-8-22-9-11(10)5-13)14-6-12(20)7-15(27-2)16(14)23-18(19)26/h3-7,22,24H,8-9H2,1-2H3,(H,21,25)(H,23,26)/t19-/m0/s1. The highest BCUT2D eigenvalue weighted by Gasteiger charge is 2.54. The third-order valence-corrected chi connectivity index (χ3v) is 5.46. The molecule has 0 saturated heterocycles. The van der Waals surface area contributed by atoms with Gasteiger partial charge in [0.15, 0.2) is 0 Å². The number of fused-ring (bicyclic) bond motifs is 2. The molecule has 2 aromatic carbocycles. The summed E-state index contributed by atoms with van der Waals surface area (Å²) in [5.41, 5.74) is 2.47. The summed E-state index contributed by atoms with van der Waals surface area (Å²) in [6, 6.07) is 9.37. The van der Waals surface area contributed by atoms with Gasteiger partial charge in [0.2, 0.25) is 5.54 Å². The predicted octanol–water partition coefficient (Wildman–Crippen LogP) is 2.07. The summed E-state index contributed by atoms with van der Waals surface area (Å²) in [5.74, 6) is -0.414. The van der Waals surface area contributed by atoms with Crippen LogP contribution in [0.5, 0.6) is 5.75 Å². The van der Waals surface area contributed by atoms with Gasteiger partial charge in [-0.2, -0.15) is 0 Å². The monoisotopic (exact) mass is 430 g/mol. The Morgan fingerprint density at radius 2 is 2.00 bits per heavy atom. The average molecular weight is 431 g/mol. The summed E-state index contributed by atoms with van der Waals surface area (Å²) >= 11 is 3.44. The lowest BCUT2D eigenvalue weighted by Crippen LogP contribution is -2.53. The Bertz CT molecular complexity index is 962. The lowest BCUT2D eigenvalue weighted by Gasteiger charge is -2.28. The first kappa shape index (κ1) is 17.8. The quantitative estimate of drug-likeness (QED) is 0.557. The molecular weight excluding hydrogens is 412 g/mol. The minimum absolute atomic E-state index is 0.447. The van der Waals surface area contributed by atoms with E-state index in [1.807, 2.05) is 18.2 Å². The zero-order valence-electron chi connectivity index (χ0n) is 14.9. The van der Waals surface area contributed by atoms with Crippen LogP contribution in [0.2, 0.25) is 0 Å². The SMILES string of the molecule is CNC(=O)[C@]1(Nc2ccc3c(c2)CNC3)C(=O)Nc2c(OC)cc(Br)cc21. The fourth-order valence-electron chi connectivity index (χ4n) is 3.68. The number of benzene rings is 2. The summed E-state index contributed by atoms with van der Waals surface area (Å²) in [6.07, 6.45) is 0. The van der Waals surface area contributed by atoms with Crippen molar-refractivity contribution in [2.75, 3.05) is 24.8 Å². The molecule has 0 bridgehead atoms. The predicted molar refractivity (Wildman–Crippen MR) is 106 cm³/mol. The highest BCUT2D eigenvalue weighted by atomic mass is 79.9. The molecular formula is C19H19BrN4O3. The highest BCUT2D eigenvalue weighted by Crippen LogP contribution is 2.45. The van der Waals surface area contributed by atoms with Crippen LogP contribution in [0.1, 0.15) is 16.7 Å². The Hall–Kier alpha value is -2.58. The van der Waals surface area contributed by atoms with Gasteiger partial charge >= 0.3 is 0 Å². The van der Waals surface area contributed by atoms with E-state index in [0.29, 0.717) is 27.2 Å². The van der Waals surface area contributed by atoms with Gasteiger partial charge in [-0.15, -0.1) is 0 Å². The van der Waals surface area contributed by atoms with Crippen molar-refractivity contribution in [3.8, 4) is 5.75 Å². The van der Waals surface area contributed by atoms with E-state index in [1.54, 1.807) is 12.1 Å². The molecule has 27 heavy (non-hydrogen) atoms. The van der Waals surface area contributed by atoms with Crippen molar-refractivity contribution < 1.29 is 14.3 Å². The van der Waals surface area contributed by atoms with Crippen molar-refractivity contribution in [1.82, 2.24) is 10.6 Å². The normalized spacial score (nSPS) is 19.9. The van der Waals surface area contributed by atoms with Gasteiger partial charge in [-0.3, -0.25) is 9.59 Å². The number of amides is 2. The van der Waals surface area contributed by atoms with Crippen molar-refractivity contribution in [3.63, 3.8) is 0 Å². The molecule has 0 saturated carbocycles. The van der Waals surface area contributed by atoms with Crippen LogP contribution in [0.15, 0.2) is 34.8 Å².